The summed E-state index contributed by atoms with van der Waals surface area (Å²) in [6.07, 6.45) is 34.2. The summed E-state index contributed by atoms with van der Waals surface area (Å²) in [6, 6.07) is -0.842. The number of hydrogen-bond donors (Lipinski definition) is 4. The molecule has 0 rings (SSSR count). The highest BCUT2D eigenvalue weighted by molar-refractivity contribution is 5.81. The smallest absolute Gasteiger partial charge is 0.249 e. The molecule has 38 heavy (non-hydrogen) atoms. The van der Waals surface area contributed by atoms with Gasteiger partial charge in [0.25, 0.3) is 0 Å². The van der Waals surface area contributed by atoms with Gasteiger partial charge in [-0.15, -0.1) is 0 Å². The summed E-state index contributed by atoms with van der Waals surface area (Å²) in [5.74, 6) is -0.586. The molecular weight excluding hydrogens is 474 g/mol. The zero-order valence-electron chi connectivity index (χ0n) is 24.5. The van der Waals surface area contributed by atoms with E-state index < -0.39 is 30.8 Å². The van der Waals surface area contributed by atoms with E-state index in [0.29, 0.717) is 0 Å². The van der Waals surface area contributed by atoms with E-state index in [1.54, 1.807) is 12.2 Å². The Morgan fingerprint density at radius 2 is 1.16 bits per heavy atom. The van der Waals surface area contributed by atoms with Gasteiger partial charge in [0, 0.05) is 6.42 Å². The van der Waals surface area contributed by atoms with Crippen LogP contribution in [-0.2, 0) is 4.79 Å². The number of allylic oxidation sites excluding steroid dienone is 6. The van der Waals surface area contributed by atoms with E-state index >= 15 is 0 Å². The lowest BCUT2D eigenvalue weighted by Gasteiger charge is -2.21. The fourth-order valence-corrected chi connectivity index (χ4v) is 4.12. The Balaban J connectivity index is 4.02. The Hall–Kier alpha value is -1.69. The molecule has 0 saturated carbocycles. The largest absolute Gasteiger partial charge is 0.394 e. The standard InChI is InChI=1S/C33H59NO4/c1-3-5-7-9-11-13-15-17-19-21-23-25-27-31(36)30(29-35)34-33(38)32(37)28-26-24-22-20-18-16-14-12-10-8-6-4-2/h17-20,24-27,30-32,35-37H,3-16,21-23,28-29H2,1-2H3,(H,34,38)/b19-17+,20-18-,26-24-,27-25+. The number of aliphatic hydroxyl groups is 3. The lowest BCUT2D eigenvalue weighted by molar-refractivity contribution is -0.131. The normalized spacial score (nSPS) is 14.8. The minimum absolute atomic E-state index is 0.201. The molecule has 4 N–H and O–H groups in total. The Morgan fingerprint density at radius 1 is 0.658 bits per heavy atom. The second kappa shape index (κ2) is 28.3. The van der Waals surface area contributed by atoms with Gasteiger partial charge < -0.3 is 20.6 Å². The molecule has 0 aliphatic rings. The van der Waals surface area contributed by atoms with Gasteiger partial charge in [0.05, 0.1) is 18.8 Å². The first-order valence-electron chi connectivity index (χ1n) is 15.5. The molecule has 3 atom stereocenters. The molecule has 0 aliphatic carbocycles. The van der Waals surface area contributed by atoms with Crippen LogP contribution in [0.1, 0.15) is 129 Å². The molecule has 0 heterocycles. The number of carbonyl (C=O) groups excluding carboxylic acids is 1. The maximum atomic E-state index is 12.3. The molecule has 0 fully saturated rings. The number of nitrogens with one attached hydrogen (secondary N) is 1. The SMILES string of the molecule is CCCCCCCC/C=C\C/C=C\CC(O)C(=O)NC(CO)C(O)/C=C/CC/C=C/CCCCCCCC. The van der Waals surface area contributed by atoms with Crippen LogP contribution in [0, 0.1) is 0 Å². The van der Waals surface area contributed by atoms with Gasteiger partial charge in [0.15, 0.2) is 0 Å². The van der Waals surface area contributed by atoms with Gasteiger partial charge in [-0.25, -0.2) is 0 Å². The molecule has 220 valence electrons. The first-order valence-corrected chi connectivity index (χ1v) is 15.5. The lowest BCUT2D eigenvalue weighted by atomic mass is 10.1. The number of amides is 1. The maximum Gasteiger partial charge on any atom is 0.249 e. The van der Waals surface area contributed by atoms with E-state index in [2.05, 4.69) is 43.5 Å². The van der Waals surface area contributed by atoms with Gasteiger partial charge in [-0.05, 0) is 44.9 Å². The van der Waals surface area contributed by atoms with Crippen molar-refractivity contribution in [2.45, 2.75) is 148 Å². The van der Waals surface area contributed by atoms with E-state index in [0.717, 1.165) is 32.1 Å². The zero-order valence-corrected chi connectivity index (χ0v) is 24.5. The molecule has 0 radical (unpaired) electrons. The average Bonchev–Trinajstić information content (AvgIpc) is 2.92. The van der Waals surface area contributed by atoms with Gasteiger partial charge in [0.2, 0.25) is 5.91 Å². The predicted molar refractivity (Wildman–Crippen MR) is 162 cm³/mol. The topological polar surface area (TPSA) is 89.8 Å². The van der Waals surface area contributed by atoms with Crippen LogP contribution in [0.5, 0.6) is 0 Å². The van der Waals surface area contributed by atoms with E-state index in [-0.39, 0.29) is 6.42 Å². The predicted octanol–water partition coefficient (Wildman–Crippen LogP) is 7.47. The van der Waals surface area contributed by atoms with Crippen molar-refractivity contribution in [2.24, 2.45) is 0 Å². The monoisotopic (exact) mass is 533 g/mol. The second-order valence-corrected chi connectivity index (χ2v) is 10.3. The fourth-order valence-electron chi connectivity index (χ4n) is 4.12. The molecular formula is C33H59NO4. The number of hydrogen-bond acceptors (Lipinski definition) is 4. The maximum absolute atomic E-state index is 12.3. The highest BCUT2D eigenvalue weighted by Crippen LogP contribution is 2.09. The van der Waals surface area contributed by atoms with Crippen LogP contribution in [0.2, 0.25) is 0 Å². The van der Waals surface area contributed by atoms with Crippen molar-refractivity contribution in [3.8, 4) is 0 Å². The summed E-state index contributed by atoms with van der Waals surface area (Å²) >= 11 is 0. The molecule has 0 bridgehead atoms. The average molecular weight is 534 g/mol. The van der Waals surface area contributed by atoms with Gasteiger partial charge in [-0.1, -0.05) is 127 Å². The van der Waals surface area contributed by atoms with E-state index in [9.17, 15) is 20.1 Å². The van der Waals surface area contributed by atoms with Crippen molar-refractivity contribution < 1.29 is 20.1 Å². The first-order chi connectivity index (χ1) is 18.6. The number of rotatable bonds is 26. The summed E-state index contributed by atoms with van der Waals surface area (Å²) in [7, 11) is 0. The third-order valence-electron chi connectivity index (χ3n) is 6.65. The lowest BCUT2D eigenvalue weighted by Crippen LogP contribution is -2.48. The van der Waals surface area contributed by atoms with Crippen LogP contribution in [0.25, 0.3) is 0 Å². The molecule has 5 heteroatoms. The Bertz CT molecular complexity index is 641. The second-order valence-electron chi connectivity index (χ2n) is 10.3. The van der Waals surface area contributed by atoms with Crippen LogP contribution in [0.3, 0.4) is 0 Å². The summed E-state index contributed by atoms with van der Waals surface area (Å²) in [6.45, 7) is 4.06. The van der Waals surface area contributed by atoms with Crippen molar-refractivity contribution in [3.63, 3.8) is 0 Å². The van der Waals surface area contributed by atoms with Crippen molar-refractivity contribution >= 4 is 5.91 Å². The first kappa shape index (κ1) is 36.3. The number of carbonyl (C=O) groups is 1. The number of unbranched alkanes of at least 4 members (excludes halogenated alkanes) is 13. The van der Waals surface area contributed by atoms with Crippen LogP contribution < -0.4 is 5.32 Å². The van der Waals surface area contributed by atoms with Crippen LogP contribution in [0.4, 0.5) is 0 Å². The van der Waals surface area contributed by atoms with E-state index in [1.807, 2.05) is 12.2 Å². The van der Waals surface area contributed by atoms with Crippen molar-refractivity contribution in [1.29, 1.82) is 0 Å². The summed E-state index contributed by atoms with van der Waals surface area (Å²) in [5, 5.41) is 32.6. The molecule has 0 spiro atoms. The molecule has 1 amide bonds. The molecule has 3 unspecified atom stereocenters. The van der Waals surface area contributed by atoms with Crippen molar-refractivity contribution in [1.82, 2.24) is 5.32 Å². The third kappa shape index (κ3) is 23.4. The molecule has 0 aliphatic heterocycles. The highest BCUT2D eigenvalue weighted by atomic mass is 16.3. The van der Waals surface area contributed by atoms with E-state index in [1.165, 1.54) is 77.0 Å². The summed E-state index contributed by atoms with van der Waals surface area (Å²) in [4.78, 5) is 12.3. The minimum atomic E-state index is -1.21. The summed E-state index contributed by atoms with van der Waals surface area (Å²) in [5.41, 5.74) is 0. The van der Waals surface area contributed by atoms with Gasteiger partial charge >= 0.3 is 0 Å². The quantitative estimate of drug-likeness (QED) is 0.0686. The Morgan fingerprint density at radius 3 is 1.76 bits per heavy atom. The zero-order chi connectivity index (χ0) is 28.1. The van der Waals surface area contributed by atoms with Crippen molar-refractivity contribution in [2.75, 3.05) is 6.61 Å². The number of aliphatic hydroxyl groups excluding tert-OH is 3. The van der Waals surface area contributed by atoms with Crippen LogP contribution in [-0.4, -0.2) is 46.1 Å². The Kier molecular flexibility index (Phi) is 27.1. The van der Waals surface area contributed by atoms with Gasteiger partial charge in [-0.3, -0.25) is 4.79 Å². The summed E-state index contributed by atoms with van der Waals surface area (Å²) < 4.78 is 0. The molecule has 5 nitrogen and oxygen atoms in total. The van der Waals surface area contributed by atoms with Gasteiger partial charge in [-0.2, -0.15) is 0 Å². The van der Waals surface area contributed by atoms with Crippen molar-refractivity contribution in [3.05, 3.63) is 48.6 Å². The molecule has 0 aromatic rings. The van der Waals surface area contributed by atoms with Crippen LogP contribution in [0.15, 0.2) is 48.6 Å². The highest BCUT2D eigenvalue weighted by Gasteiger charge is 2.22. The molecule has 0 saturated heterocycles. The minimum Gasteiger partial charge on any atom is -0.394 e. The van der Waals surface area contributed by atoms with Gasteiger partial charge in [0.1, 0.15) is 6.10 Å². The van der Waals surface area contributed by atoms with Crippen LogP contribution >= 0.6 is 0 Å². The fraction of sp³-hybridized carbons (Fsp3) is 0.727. The molecule has 0 aromatic carbocycles. The third-order valence-corrected chi connectivity index (χ3v) is 6.65. The molecule has 0 aromatic heterocycles. The van der Waals surface area contributed by atoms with E-state index in [4.69, 9.17) is 0 Å². The Labute approximate surface area is 234 Å².